The third kappa shape index (κ3) is 3.85. The Morgan fingerprint density at radius 2 is 1.04 bits per heavy atom. The summed E-state index contributed by atoms with van der Waals surface area (Å²) in [7, 11) is 3.41. The van der Waals surface area contributed by atoms with Gasteiger partial charge in [-0.25, -0.2) is 0 Å². The molecule has 0 N–H and O–H groups in total. The molecule has 0 unspecified atom stereocenters. The fraction of sp³-hybridized carbons (Fsp3) is 0.280. The van der Waals surface area contributed by atoms with E-state index in [9.17, 15) is 0 Å². The quantitative estimate of drug-likeness (QED) is 0.475. The Bertz CT molecular complexity index is 786. The third-order valence-electron chi connectivity index (χ3n) is 5.15. The van der Waals surface area contributed by atoms with Gasteiger partial charge in [0, 0.05) is 5.41 Å². The lowest BCUT2D eigenvalue weighted by atomic mass is 9.65. The van der Waals surface area contributed by atoms with Gasteiger partial charge in [0.2, 0.25) is 0 Å². The van der Waals surface area contributed by atoms with Crippen LogP contribution in [0.5, 0.6) is 11.5 Å². The van der Waals surface area contributed by atoms with Crippen molar-refractivity contribution in [1.29, 1.82) is 0 Å². The Labute approximate surface area is 162 Å². The molecule has 0 amide bonds. The number of hydrogen-bond acceptors (Lipinski definition) is 2. The normalized spacial score (nSPS) is 11.4. The highest BCUT2D eigenvalue weighted by molar-refractivity contribution is 5.52. The third-order valence-corrected chi connectivity index (χ3v) is 5.15. The first-order chi connectivity index (χ1) is 13.1. The molecule has 0 bridgehead atoms. The van der Waals surface area contributed by atoms with Crippen LogP contribution in [0.15, 0.2) is 78.9 Å². The summed E-state index contributed by atoms with van der Waals surface area (Å²) < 4.78 is 10.8. The maximum Gasteiger partial charge on any atom is 0.118 e. The van der Waals surface area contributed by atoms with Crippen molar-refractivity contribution in [3.05, 3.63) is 95.6 Å². The van der Waals surface area contributed by atoms with Crippen molar-refractivity contribution in [2.24, 2.45) is 5.92 Å². The standard InChI is InChI=1S/C25H28O2/c1-19(2)18-25(20-8-6-5-7-9-20,21-10-14-23(26-3)15-11-21)22-12-16-24(27-4)17-13-22/h5-17,19H,18H2,1-4H3. The van der Waals surface area contributed by atoms with E-state index in [2.05, 4.69) is 92.7 Å². The lowest BCUT2D eigenvalue weighted by Crippen LogP contribution is -2.31. The minimum Gasteiger partial charge on any atom is -0.497 e. The van der Waals surface area contributed by atoms with E-state index >= 15 is 0 Å². The Morgan fingerprint density at radius 1 is 0.630 bits per heavy atom. The lowest BCUT2D eigenvalue weighted by Gasteiger charge is -2.37. The molecule has 0 aliphatic heterocycles. The van der Waals surface area contributed by atoms with E-state index in [0.717, 1.165) is 17.9 Å². The van der Waals surface area contributed by atoms with E-state index in [1.165, 1.54) is 16.7 Å². The topological polar surface area (TPSA) is 18.5 Å². The molecule has 0 aromatic heterocycles. The maximum atomic E-state index is 5.39. The van der Waals surface area contributed by atoms with Crippen molar-refractivity contribution in [2.75, 3.05) is 14.2 Å². The van der Waals surface area contributed by atoms with Crippen LogP contribution in [0.2, 0.25) is 0 Å². The minimum absolute atomic E-state index is 0.228. The van der Waals surface area contributed by atoms with Gasteiger partial charge < -0.3 is 9.47 Å². The van der Waals surface area contributed by atoms with Gasteiger partial charge in [0.15, 0.2) is 0 Å². The van der Waals surface area contributed by atoms with Crippen LogP contribution in [0.3, 0.4) is 0 Å². The van der Waals surface area contributed by atoms with Gasteiger partial charge in [-0.1, -0.05) is 68.4 Å². The maximum absolute atomic E-state index is 5.39. The van der Waals surface area contributed by atoms with Crippen molar-refractivity contribution in [3.63, 3.8) is 0 Å². The minimum atomic E-state index is -0.228. The smallest absolute Gasteiger partial charge is 0.118 e. The monoisotopic (exact) mass is 360 g/mol. The second kappa shape index (κ2) is 8.30. The zero-order valence-electron chi connectivity index (χ0n) is 16.6. The molecule has 0 aliphatic rings. The van der Waals surface area contributed by atoms with Crippen LogP contribution in [0.1, 0.15) is 37.0 Å². The van der Waals surface area contributed by atoms with Gasteiger partial charge in [-0.2, -0.15) is 0 Å². The van der Waals surface area contributed by atoms with Crippen molar-refractivity contribution in [2.45, 2.75) is 25.7 Å². The molecule has 2 heteroatoms. The molecule has 2 nitrogen and oxygen atoms in total. The first kappa shape index (κ1) is 19.0. The summed E-state index contributed by atoms with van der Waals surface area (Å²) in [5.74, 6) is 2.27. The van der Waals surface area contributed by atoms with Crippen molar-refractivity contribution in [3.8, 4) is 11.5 Å². The van der Waals surface area contributed by atoms with Crippen molar-refractivity contribution >= 4 is 0 Å². The van der Waals surface area contributed by atoms with E-state index in [0.29, 0.717) is 5.92 Å². The summed E-state index contributed by atoms with van der Waals surface area (Å²) >= 11 is 0. The van der Waals surface area contributed by atoms with Crippen LogP contribution in [-0.2, 0) is 5.41 Å². The highest BCUT2D eigenvalue weighted by Gasteiger charge is 2.36. The Morgan fingerprint density at radius 3 is 1.41 bits per heavy atom. The lowest BCUT2D eigenvalue weighted by molar-refractivity contribution is 0.412. The molecule has 0 radical (unpaired) electrons. The number of rotatable bonds is 7. The number of benzene rings is 3. The van der Waals surface area contributed by atoms with Crippen LogP contribution in [0.25, 0.3) is 0 Å². The van der Waals surface area contributed by atoms with Gasteiger partial charge in [0.05, 0.1) is 14.2 Å². The van der Waals surface area contributed by atoms with Gasteiger partial charge in [-0.3, -0.25) is 0 Å². The van der Waals surface area contributed by atoms with Gasteiger partial charge in [-0.05, 0) is 53.3 Å². The molecule has 0 saturated heterocycles. The Balaban J connectivity index is 2.26. The second-order valence-electron chi connectivity index (χ2n) is 7.33. The molecule has 0 fully saturated rings. The van der Waals surface area contributed by atoms with Gasteiger partial charge >= 0.3 is 0 Å². The number of hydrogen-bond donors (Lipinski definition) is 0. The predicted octanol–water partition coefficient (Wildman–Crippen LogP) is 6.08. The van der Waals surface area contributed by atoms with Crippen LogP contribution in [0, 0.1) is 5.92 Å². The molecule has 3 aromatic carbocycles. The van der Waals surface area contributed by atoms with Gasteiger partial charge in [0.1, 0.15) is 11.5 Å². The summed E-state index contributed by atoms with van der Waals surface area (Å²) in [6, 6.07) is 27.8. The van der Waals surface area contributed by atoms with Crippen molar-refractivity contribution in [1.82, 2.24) is 0 Å². The predicted molar refractivity (Wildman–Crippen MR) is 112 cm³/mol. The van der Waals surface area contributed by atoms with Crippen molar-refractivity contribution < 1.29 is 9.47 Å². The number of methoxy groups -OCH3 is 2. The zero-order chi connectivity index (χ0) is 19.3. The summed E-state index contributed by atoms with van der Waals surface area (Å²) in [5.41, 5.74) is 3.62. The van der Waals surface area contributed by atoms with E-state index in [1.807, 2.05) is 0 Å². The summed E-state index contributed by atoms with van der Waals surface area (Å²) in [6.45, 7) is 4.56. The van der Waals surface area contributed by atoms with Gasteiger partial charge in [0.25, 0.3) is 0 Å². The highest BCUT2D eigenvalue weighted by atomic mass is 16.5. The fourth-order valence-electron chi connectivity index (χ4n) is 3.94. The molecular weight excluding hydrogens is 332 g/mol. The van der Waals surface area contributed by atoms with E-state index in [-0.39, 0.29) is 5.41 Å². The Kier molecular flexibility index (Phi) is 5.85. The molecular formula is C25H28O2. The molecule has 140 valence electrons. The van der Waals surface area contributed by atoms with Crippen LogP contribution >= 0.6 is 0 Å². The molecule has 0 heterocycles. The zero-order valence-corrected chi connectivity index (χ0v) is 16.6. The first-order valence-corrected chi connectivity index (χ1v) is 9.44. The summed E-state index contributed by atoms with van der Waals surface area (Å²) in [4.78, 5) is 0. The molecule has 3 rings (SSSR count). The highest BCUT2D eigenvalue weighted by Crippen LogP contribution is 2.44. The fourth-order valence-corrected chi connectivity index (χ4v) is 3.94. The second-order valence-corrected chi connectivity index (χ2v) is 7.33. The largest absolute Gasteiger partial charge is 0.497 e. The molecule has 3 aromatic rings. The molecule has 0 aliphatic carbocycles. The van der Waals surface area contributed by atoms with Crippen LogP contribution < -0.4 is 9.47 Å². The van der Waals surface area contributed by atoms with Gasteiger partial charge in [-0.15, -0.1) is 0 Å². The van der Waals surface area contributed by atoms with E-state index < -0.39 is 0 Å². The summed E-state index contributed by atoms with van der Waals surface area (Å²) in [6.07, 6.45) is 1.01. The average Bonchev–Trinajstić information content (AvgIpc) is 2.73. The number of ether oxygens (including phenoxy) is 2. The van der Waals surface area contributed by atoms with Crippen LogP contribution in [0.4, 0.5) is 0 Å². The van der Waals surface area contributed by atoms with E-state index in [4.69, 9.17) is 9.47 Å². The Hall–Kier alpha value is -2.74. The SMILES string of the molecule is COc1ccc(C(CC(C)C)(c2ccccc2)c2ccc(OC)cc2)cc1. The average molecular weight is 360 g/mol. The molecule has 0 saturated carbocycles. The molecule has 27 heavy (non-hydrogen) atoms. The molecule has 0 atom stereocenters. The first-order valence-electron chi connectivity index (χ1n) is 9.44. The van der Waals surface area contributed by atoms with Crippen LogP contribution in [-0.4, -0.2) is 14.2 Å². The summed E-state index contributed by atoms with van der Waals surface area (Å²) in [5, 5.41) is 0. The van der Waals surface area contributed by atoms with E-state index in [1.54, 1.807) is 14.2 Å². The molecule has 0 spiro atoms.